The van der Waals surface area contributed by atoms with Crippen LogP contribution in [-0.4, -0.2) is 63.5 Å². The number of aryl methyl sites for hydroxylation is 1. The maximum atomic E-state index is 13.0. The van der Waals surface area contributed by atoms with E-state index in [0.717, 1.165) is 37.4 Å². The number of nitrogens with one attached hydrogen (secondary N) is 1. The molecule has 1 fully saturated rings. The summed E-state index contributed by atoms with van der Waals surface area (Å²) in [7, 11) is 1.61. The normalized spacial score (nSPS) is 14.8. The molecular formula is C24H32N6O3. The van der Waals surface area contributed by atoms with E-state index >= 15 is 0 Å². The second kappa shape index (κ2) is 10.6. The Labute approximate surface area is 193 Å². The standard InChI is InChI=1S/C24H32N6O3/c1-18-26-29(17-23(31)25-12-7-15-28-13-5-3-4-6-14-28)24(32)22-16-21(27-30(18)22)19-8-10-20(33-2)11-9-19/h8-11,16H,3-7,12-15,17H2,1-2H3,(H,25,31). The zero-order chi connectivity index (χ0) is 23.2. The van der Waals surface area contributed by atoms with Crippen LogP contribution < -0.4 is 15.6 Å². The number of amides is 1. The van der Waals surface area contributed by atoms with Crippen molar-refractivity contribution in [2.24, 2.45) is 0 Å². The molecule has 1 aromatic carbocycles. The number of methoxy groups -OCH3 is 1. The van der Waals surface area contributed by atoms with E-state index in [4.69, 9.17) is 4.74 Å². The minimum atomic E-state index is -0.340. The molecule has 176 valence electrons. The summed E-state index contributed by atoms with van der Waals surface area (Å²) in [6.45, 7) is 5.55. The molecule has 0 radical (unpaired) electrons. The van der Waals surface area contributed by atoms with Gasteiger partial charge in [0.1, 0.15) is 23.6 Å². The summed E-state index contributed by atoms with van der Waals surface area (Å²) < 4.78 is 7.94. The highest BCUT2D eigenvalue weighted by atomic mass is 16.5. The fourth-order valence-corrected chi connectivity index (χ4v) is 4.27. The molecule has 0 saturated carbocycles. The fourth-order valence-electron chi connectivity index (χ4n) is 4.27. The van der Waals surface area contributed by atoms with Crippen LogP contribution in [-0.2, 0) is 11.3 Å². The number of aromatic nitrogens is 4. The van der Waals surface area contributed by atoms with Crippen LogP contribution in [0, 0.1) is 6.92 Å². The molecule has 1 saturated heterocycles. The van der Waals surface area contributed by atoms with Crippen LogP contribution in [0.4, 0.5) is 0 Å². The lowest BCUT2D eigenvalue weighted by atomic mass is 10.1. The third-order valence-electron chi connectivity index (χ3n) is 6.09. The third-order valence-corrected chi connectivity index (χ3v) is 6.09. The average Bonchev–Trinajstić information content (AvgIpc) is 3.12. The summed E-state index contributed by atoms with van der Waals surface area (Å²) in [5.41, 5.74) is 1.58. The van der Waals surface area contributed by atoms with Crippen LogP contribution >= 0.6 is 0 Å². The number of fused-ring (bicyclic) bond motifs is 1. The Bertz CT molecular complexity index is 1140. The smallest absolute Gasteiger partial charge is 0.293 e. The Hall–Kier alpha value is -3.20. The molecule has 1 amide bonds. The maximum absolute atomic E-state index is 13.0. The van der Waals surface area contributed by atoms with E-state index in [0.29, 0.717) is 23.6 Å². The highest BCUT2D eigenvalue weighted by Gasteiger charge is 2.15. The highest BCUT2D eigenvalue weighted by Crippen LogP contribution is 2.22. The summed E-state index contributed by atoms with van der Waals surface area (Å²) >= 11 is 0. The van der Waals surface area contributed by atoms with Gasteiger partial charge in [-0.15, -0.1) is 0 Å². The van der Waals surface area contributed by atoms with Gasteiger partial charge < -0.3 is 15.0 Å². The van der Waals surface area contributed by atoms with Crippen molar-refractivity contribution in [1.29, 1.82) is 0 Å². The van der Waals surface area contributed by atoms with Crippen LogP contribution in [0.5, 0.6) is 5.75 Å². The lowest BCUT2D eigenvalue weighted by Crippen LogP contribution is -2.36. The van der Waals surface area contributed by atoms with Crippen molar-refractivity contribution in [3.8, 4) is 17.0 Å². The molecular weight excluding hydrogens is 420 g/mol. The molecule has 0 unspecified atom stereocenters. The van der Waals surface area contributed by atoms with Crippen molar-refractivity contribution in [3.05, 3.63) is 46.5 Å². The molecule has 33 heavy (non-hydrogen) atoms. The van der Waals surface area contributed by atoms with E-state index in [-0.39, 0.29) is 18.0 Å². The molecule has 0 bridgehead atoms. The van der Waals surface area contributed by atoms with E-state index in [2.05, 4.69) is 20.4 Å². The third kappa shape index (κ3) is 5.60. The number of benzene rings is 1. The molecule has 3 heterocycles. The van der Waals surface area contributed by atoms with Gasteiger partial charge in [-0.3, -0.25) is 9.59 Å². The van der Waals surface area contributed by atoms with Crippen LogP contribution in [0.3, 0.4) is 0 Å². The van der Waals surface area contributed by atoms with Crippen molar-refractivity contribution >= 4 is 11.4 Å². The number of hydrogen-bond donors (Lipinski definition) is 1. The van der Waals surface area contributed by atoms with Crippen molar-refractivity contribution < 1.29 is 9.53 Å². The molecule has 0 aliphatic carbocycles. The number of hydrogen-bond acceptors (Lipinski definition) is 6. The average molecular weight is 453 g/mol. The number of rotatable bonds is 8. The Morgan fingerprint density at radius 1 is 1.09 bits per heavy atom. The number of likely N-dealkylation sites (tertiary alicyclic amines) is 1. The molecule has 1 aliphatic heterocycles. The summed E-state index contributed by atoms with van der Waals surface area (Å²) in [6, 6.07) is 9.20. The fraction of sp³-hybridized carbons (Fsp3) is 0.500. The van der Waals surface area contributed by atoms with Gasteiger partial charge >= 0.3 is 0 Å². The van der Waals surface area contributed by atoms with E-state index < -0.39 is 0 Å². The van der Waals surface area contributed by atoms with Crippen molar-refractivity contribution in [1.82, 2.24) is 29.6 Å². The predicted molar refractivity (Wildman–Crippen MR) is 127 cm³/mol. The van der Waals surface area contributed by atoms with Crippen molar-refractivity contribution in [3.63, 3.8) is 0 Å². The molecule has 1 N–H and O–H groups in total. The van der Waals surface area contributed by atoms with E-state index in [1.165, 1.54) is 34.9 Å². The Morgan fingerprint density at radius 3 is 2.52 bits per heavy atom. The van der Waals surface area contributed by atoms with Gasteiger partial charge in [0, 0.05) is 12.1 Å². The molecule has 3 aromatic rings. The SMILES string of the molecule is COc1ccc(-c2cc3c(=O)n(CC(=O)NCCCN4CCCCCC4)nc(C)n3n2)cc1. The van der Waals surface area contributed by atoms with Crippen LogP contribution in [0.15, 0.2) is 35.1 Å². The van der Waals surface area contributed by atoms with E-state index in [1.54, 1.807) is 20.1 Å². The Morgan fingerprint density at radius 2 is 1.82 bits per heavy atom. The molecule has 4 rings (SSSR count). The second-order valence-corrected chi connectivity index (χ2v) is 8.52. The summed E-state index contributed by atoms with van der Waals surface area (Å²) in [5.74, 6) is 1.08. The first-order chi connectivity index (χ1) is 16.0. The topological polar surface area (TPSA) is 93.8 Å². The molecule has 9 nitrogen and oxygen atoms in total. The lowest BCUT2D eigenvalue weighted by molar-refractivity contribution is -0.121. The largest absolute Gasteiger partial charge is 0.497 e. The highest BCUT2D eigenvalue weighted by molar-refractivity contribution is 5.75. The van der Waals surface area contributed by atoms with E-state index in [9.17, 15) is 9.59 Å². The van der Waals surface area contributed by atoms with E-state index in [1.807, 2.05) is 24.3 Å². The molecule has 9 heteroatoms. The maximum Gasteiger partial charge on any atom is 0.293 e. The zero-order valence-electron chi connectivity index (χ0n) is 19.4. The van der Waals surface area contributed by atoms with Crippen LogP contribution in [0.25, 0.3) is 16.8 Å². The number of carbonyl (C=O) groups is 1. The summed E-state index contributed by atoms with van der Waals surface area (Å²) in [4.78, 5) is 27.9. The quantitative estimate of drug-likeness (QED) is 0.527. The van der Waals surface area contributed by atoms with Crippen molar-refractivity contribution in [2.45, 2.75) is 45.6 Å². The van der Waals surface area contributed by atoms with Crippen LogP contribution in [0.2, 0.25) is 0 Å². The summed E-state index contributed by atoms with van der Waals surface area (Å²) in [5, 5.41) is 11.8. The Balaban J connectivity index is 1.39. The Kier molecular flexibility index (Phi) is 7.39. The number of carbonyl (C=O) groups excluding carboxylic acids is 1. The van der Waals surface area contributed by atoms with Gasteiger partial charge in [-0.25, -0.2) is 9.20 Å². The first-order valence-corrected chi connectivity index (χ1v) is 11.7. The molecule has 0 spiro atoms. The first kappa shape index (κ1) is 23.0. The summed E-state index contributed by atoms with van der Waals surface area (Å²) in [6.07, 6.45) is 6.06. The van der Waals surface area contributed by atoms with Gasteiger partial charge in [-0.05, 0) is 76.2 Å². The minimum absolute atomic E-state index is 0.108. The van der Waals surface area contributed by atoms with Crippen LogP contribution in [0.1, 0.15) is 37.9 Å². The second-order valence-electron chi connectivity index (χ2n) is 8.52. The number of nitrogens with zero attached hydrogens (tertiary/aromatic N) is 5. The molecule has 0 atom stereocenters. The van der Waals surface area contributed by atoms with Gasteiger partial charge in [0.25, 0.3) is 5.56 Å². The number of ether oxygens (including phenoxy) is 1. The minimum Gasteiger partial charge on any atom is -0.497 e. The van der Waals surface area contributed by atoms with Gasteiger partial charge in [-0.2, -0.15) is 10.2 Å². The van der Waals surface area contributed by atoms with Gasteiger partial charge in [-0.1, -0.05) is 12.8 Å². The van der Waals surface area contributed by atoms with Gasteiger partial charge in [0.15, 0.2) is 0 Å². The molecule has 2 aromatic heterocycles. The zero-order valence-corrected chi connectivity index (χ0v) is 19.4. The predicted octanol–water partition coefficient (Wildman–Crippen LogP) is 2.26. The first-order valence-electron chi connectivity index (χ1n) is 11.7. The van der Waals surface area contributed by atoms with Crippen molar-refractivity contribution in [2.75, 3.05) is 33.3 Å². The monoisotopic (exact) mass is 452 g/mol. The lowest BCUT2D eigenvalue weighted by Gasteiger charge is -2.19. The van der Waals surface area contributed by atoms with Gasteiger partial charge in [0.05, 0.1) is 12.8 Å². The van der Waals surface area contributed by atoms with Gasteiger partial charge in [0.2, 0.25) is 5.91 Å². The molecule has 1 aliphatic rings.